The number of pyridine rings is 2. The van der Waals surface area contributed by atoms with Crippen LogP contribution in [0, 0.1) is 0 Å². The van der Waals surface area contributed by atoms with E-state index in [1.807, 2.05) is 29.7 Å². The Bertz CT molecular complexity index is 1530. The summed E-state index contributed by atoms with van der Waals surface area (Å²) in [5.74, 6) is 2.13. The maximum absolute atomic E-state index is 6.54. The lowest BCUT2D eigenvalue weighted by Crippen LogP contribution is -2.03. The van der Waals surface area contributed by atoms with Crippen LogP contribution in [0.2, 0.25) is 10.0 Å². The quantitative estimate of drug-likeness (QED) is 0.291. The van der Waals surface area contributed by atoms with Gasteiger partial charge in [0.15, 0.2) is 11.6 Å². The van der Waals surface area contributed by atoms with Crippen molar-refractivity contribution in [3.63, 3.8) is 0 Å². The molecule has 0 bridgehead atoms. The van der Waals surface area contributed by atoms with Crippen LogP contribution < -0.4 is 4.74 Å². The number of rotatable bonds is 6. The highest BCUT2D eigenvalue weighted by molar-refractivity contribution is 6.32. The maximum Gasteiger partial charge on any atom is 0.248 e. The molecule has 0 amide bonds. The van der Waals surface area contributed by atoms with E-state index in [4.69, 9.17) is 32.4 Å². The summed E-state index contributed by atoms with van der Waals surface area (Å²) >= 11 is 12.6. The summed E-state index contributed by atoms with van der Waals surface area (Å²) in [4.78, 5) is 8.49. The van der Waals surface area contributed by atoms with Gasteiger partial charge in [-0.2, -0.15) is 0 Å². The van der Waals surface area contributed by atoms with E-state index < -0.39 is 0 Å². The first-order valence-electron chi connectivity index (χ1n) is 10.4. The minimum atomic E-state index is 0.299. The number of allylic oxidation sites excluding steroid dienone is 1. The molecule has 0 N–H and O–H groups in total. The molecule has 0 aliphatic rings. The first-order chi connectivity index (χ1) is 17.0. The van der Waals surface area contributed by atoms with Crippen molar-refractivity contribution in [2.24, 2.45) is 0 Å². The third kappa shape index (κ3) is 4.64. The Balaban J connectivity index is 1.57. The smallest absolute Gasteiger partial charge is 0.248 e. The highest BCUT2D eigenvalue weighted by atomic mass is 35.5. The molecule has 0 aliphatic carbocycles. The molecule has 0 unspecified atom stereocenters. The second-order valence-corrected chi connectivity index (χ2v) is 8.20. The molecule has 5 aromatic rings. The molecule has 0 radical (unpaired) electrons. The number of hydrogen-bond acceptors (Lipinski definition) is 8. The van der Waals surface area contributed by atoms with Gasteiger partial charge in [0.2, 0.25) is 17.7 Å². The second-order valence-electron chi connectivity index (χ2n) is 7.36. The zero-order valence-corrected chi connectivity index (χ0v) is 20.1. The summed E-state index contributed by atoms with van der Waals surface area (Å²) in [6.45, 7) is 1.87. The van der Waals surface area contributed by atoms with Crippen LogP contribution in [0.5, 0.6) is 5.88 Å². The standard InChI is InChI=1S/C24H17Cl2N7O2/c1-14(11-21-29-32-24(35-21)15-9-10-27-20(12-15)34-2)22-30-31-23(18-8-7-16(25)13-28-18)33(22)19-6-4-3-5-17(19)26/h3-13H,1-2H3/b14-11+. The normalized spacial score (nSPS) is 11.6. The van der Waals surface area contributed by atoms with Crippen molar-refractivity contribution in [1.82, 2.24) is 34.9 Å². The molecular formula is C24H17Cl2N7O2. The van der Waals surface area contributed by atoms with Crippen LogP contribution in [0.15, 0.2) is 65.3 Å². The Labute approximate surface area is 210 Å². The fraction of sp³-hybridized carbons (Fsp3) is 0.0833. The molecule has 9 nitrogen and oxygen atoms in total. The van der Waals surface area contributed by atoms with E-state index in [0.717, 1.165) is 5.57 Å². The first kappa shape index (κ1) is 22.7. The van der Waals surface area contributed by atoms with E-state index in [1.54, 1.807) is 55.9 Å². The van der Waals surface area contributed by atoms with Gasteiger partial charge in [-0.3, -0.25) is 9.55 Å². The van der Waals surface area contributed by atoms with Crippen LogP contribution in [0.4, 0.5) is 0 Å². The number of ether oxygens (including phenoxy) is 1. The molecule has 4 aromatic heterocycles. The van der Waals surface area contributed by atoms with Gasteiger partial charge in [0.1, 0.15) is 5.69 Å². The number of halogens is 2. The lowest BCUT2D eigenvalue weighted by Gasteiger charge is -2.12. The van der Waals surface area contributed by atoms with Crippen LogP contribution in [-0.2, 0) is 0 Å². The van der Waals surface area contributed by atoms with Crippen molar-refractivity contribution in [3.8, 4) is 34.5 Å². The van der Waals surface area contributed by atoms with Crippen molar-refractivity contribution in [3.05, 3.63) is 82.7 Å². The van der Waals surface area contributed by atoms with E-state index in [9.17, 15) is 0 Å². The Hall–Kier alpha value is -4.08. The summed E-state index contributed by atoms with van der Waals surface area (Å²) in [7, 11) is 1.54. The Morgan fingerprint density at radius 2 is 1.86 bits per heavy atom. The summed E-state index contributed by atoms with van der Waals surface area (Å²) in [6.07, 6.45) is 4.89. The number of methoxy groups -OCH3 is 1. The van der Waals surface area contributed by atoms with Crippen LogP contribution in [0.25, 0.3) is 40.3 Å². The zero-order chi connectivity index (χ0) is 24.4. The van der Waals surface area contributed by atoms with Gasteiger partial charge < -0.3 is 9.15 Å². The lowest BCUT2D eigenvalue weighted by molar-refractivity contribution is 0.398. The average molecular weight is 506 g/mol. The van der Waals surface area contributed by atoms with Crippen molar-refractivity contribution >= 4 is 34.9 Å². The van der Waals surface area contributed by atoms with E-state index in [2.05, 4.69) is 30.4 Å². The minimum absolute atomic E-state index is 0.299. The summed E-state index contributed by atoms with van der Waals surface area (Å²) in [6, 6.07) is 14.4. The van der Waals surface area contributed by atoms with Crippen LogP contribution in [0.3, 0.4) is 0 Å². The van der Waals surface area contributed by atoms with Crippen LogP contribution in [-0.4, -0.2) is 42.0 Å². The molecule has 1 aromatic carbocycles. The molecule has 4 heterocycles. The van der Waals surface area contributed by atoms with Crippen LogP contribution >= 0.6 is 23.2 Å². The molecule has 0 saturated carbocycles. The fourth-order valence-electron chi connectivity index (χ4n) is 3.39. The van der Waals surface area contributed by atoms with E-state index in [-0.39, 0.29) is 0 Å². The summed E-state index contributed by atoms with van der Waals surface area (Å²) in [5, 5.41) is 18.1. The van der Waals surface area contributed by atoms with Crippen molar-refractivity contribution in [2.75, 3.05) is 7.11 Å². The average Bonchev–Trinajstić information content (AvgIpc) is 3.52. The Morgan fingerprint density at radius 3 is 2.63 bits per heavy atom. The fourth-order valence-corrected chi connectivity index (χ4v) is 3.72. The molecule has 0 saturated heterocycles. The highest BCUT2D eigenvalue weighted by Crippen LogP contribution is 2.30. The molecule has 11 heteroatoms. The zero-order valence-electron chi connectivity index (χ0n) is 18.6. The number of benzene rings is 1. The molecule has 5 rings (SSSR count). The van der Waals surface area contributed by atoms with Gasteiger partial charge >= 0.3 is 0 Å². The predicted octanol–water partition coefficient (Wildman–Crippen LogP) is 5.65. The monoisotopic (exact) mass is 505 g/mol. The number of aromatic nitrogens is 7. The Morgan fingerprint density at radius 1 is 1.00 bits per heavy atom. The van der Waals surface area contributed by atoms with Gasteiger partial charge in [-0.1, -0.05) is 35.3 Å². The predicted molar refractivity (Wildman–Crippen MR) is 132 cm³/mol. The topological polar surface area (TPSA) is 105 Å². The molecule has 0 fully saturated rings. The van der Waals surface area contributed by atoms with Gasteiger partial charge in [-0.05, 0) is 42.8 Å². The van der Waals surface area contributed by atoms with E-state index in [0.29, 0.717) is 56.3 Å². The van der Waals surface area contributed by atoms with Crippen molar-refractivity contribution in [1.29, 1.82) is 0 Å². The van der Waals surface area contributed by atoms with E-state index in [1.165, 1.54) is 0 Å². The van der Waals surface area contributed by atoms with Gasteiger partial charge in [0.25, 0.3) is 0 Å². The molecule has 0 spiro atoms. The minimum Gasteiger partial charge on any atom is -0.481 e. The third-order valence-electron chi connectivity index (χ3n) is 5.04. The van der Waals surface area contributed by atoms with Crippen LogP contribution in [0.1, 0.15) is 18.6 Å². The van der Waals surface area contributed by atoms with Gasteiger partial charge in [-0.25, -0.2) is 4.98 Å². The molecular weight excluding hydrogens is 489 g/mol. The number of hydrogen-bond donors (Lipinski definition) is 0. The summed E-state index contributed by atoms with van der Waals surface area (Å²) < 4.78 is 12.8. The first-order valence-corrected chi connectivity index (χ1v) is 11.1. The second kappa shape index (κ2) is 9.65. The molecule has 174 valence electrons. The highest BCUT2D eigenvalue weighted by Gasteiger charge is 2.20. The summed E-state index contributed by atoms with van der Waals surface area (Å²) in [5.41, 5.74) is 2.70. The number of nitrogens with zero attached hydrogens (tertiary/aromatic N) is 7. The van der Waals surface area contributed by atoms with Gasteiger partial charge in [0.05, 0.1) is 22.8 Å². The SMILES string of the molecule is COc1cc(-c2nnc(/C=C(\C)c3nnc(-c4ccc(Cl)cn4)n3-c3ccccc3Cl)o2)ccn1. The molecule has 0 atom stereocenters. The van der Waals surface area contributed by atoms with Crippen molar-refractivity contribution in [2.45, 2.75) is 6.92 Å². The largest absolute Gasteiger partial charge is 0.481 e. The third-order valence-corrected chi connectivity index (χ3v) is 5.58. The van der Waals surface area contributed by atoms with Gasteiger partial charge in [0, 0.05) is 30.1 Å². The maximum atomic E-state index is 6.54. The Kier molecular flexibility index (Phi) is 6.26. The van der Waals surface area contributed by atoms with Gasteiger partial charge in [-0.15, -0.1) is 20.4 Å². The van der Waals surface area contributed by atoms with E-state index >= 15 is 0 Å². The van der Waals surface area contributed by atoms with Crippen molar-refractivity contribution < 1.29 is 9.15 Å². The molecule has 35 heavy (non-hydrogen) atoms. The number of para-hydroxylation sites is 1. The molecule has 0 aliphatic heterocycles. The lowest BCUT2D eigenvalue weighted by atomic mass is 10.2.